The van der Waals surface area contributed by atoms with Gasteiger partial charge in [0.2, 0.25) is 0 Å². The van der Waals surface area contributed by atoms with Crippen LogP contribution in [0.1, 0.15) is 37.0 Å². The van der Waals surface area contributed by atoms with E-state index in [9.17, 15) is 0 Å². The second-order valence-corrected chi connectivity index (χ2v) is 5.94. The molecular formula is C14H19Br. The number of benzene rings is 1. The van der Waals surface area contributed by atoms with Crippen LogP contribution < -0.4 is 0 Å². The largest absolute Gasteiger partial charge is 0.0922 e. The molecular weight excluding hydrogens is 248 g/mol. The number of hydrogen-bond donors (Lipinski definition) is 0. The van der Waals surface area contributed by atoms with Gasteiger partial charge in [-0.15, -0.1) is 0 Å². The molecule has 0 atom stereocenters. The minimum atomic E-state index is 0.373. The lowest BCUT2D eigenvalue weighted by molar-refractivity contribution is 0.423. The predicted octanol–water partition coefficient (Wildman–Crippen LogP) is 4.14. The Hall–Kier alpha value is -0.300. The molecule has 0 N–H and O–H groups in total. The average Bonchev–Trinajstić information content (AvgIpc) is 2.66. The van der Waals surface area contributed by atoms with Crippen molar-refractivity contribution in [1.29, 1.82) is 0 Å². The van der Waals surface area contributed by atoms with Gasteiger partial charge in [0.15, 0.2) is 0 Å². The molecule has 0 fully saturated rings. The Bertz CT molecular complexity index is 352. The maximum absolute atomic E-state index is 3.61. The molecule has 15 heavy (non-hydrogen) atoms. The minimum Gasteiger partial charge on any atom is -0.0922 e. The average molecular weight is 267 g/mol. The van der Waals surface area contributed by atoms with E-state index < -0.39 is 0 Å². The van der Waals surface area contributed by atoms with Crippen LogP contribution in [0.5, 0.6) is 0 Å². The molecule has 1 aromatic carbocycles. The molecule has 0 saturated carbocycles. The zero-order valence-corrected chi connectivity index (χ0v) is 11.2. The van der Waals surface area contributed by atoms with Crippen molar-refractivity contribution in [3.63, 3.8) is 0 Å². The molecule has 0 aromatic heterocycles. The Balaban J connectivity index is 2.26. The van der Waals surface area contributed by atoms with Crippen LogP contribution in [-0.4, -0.2) is 5.33 Å². The number of halogens is 1. The summed E-state index contributed by atoms with van der Waals surface area (Å²) in [5.74, 6) is 0. The summed E-state index contributed by atoms with van der Waals surface area (Å²) >= 11 is 3.61. The van der Waals surface area contributed by atoms with E-state index in [0.29, 0.717) is 5.41 Å². The molecule has 0 radical (unpaired) electrons. The lowest BCUT2D eigenvalue weighted by Crippen LogP contribution is -2.17. The lowest BCUT2D eigenvalue weighted by atomic mass is 9.85. The van der Waals surface area contributed by atoms with Crippen LogP contribution in [0.4, 0.5) is 0 Å². The van der Waals surface area contributed by atoms with Crippen molar-refractivity contribution < 1.29 is 0 Å². The van der Waals surface area contributed by atoms with Gasteiger partial charge >= 0.3 is 0 Å². The molecule has 1 heteroatoms. The van der Waals surface area contributed by atoms with E-state index in [1.54, 1.807) is 16.7 Å². The Morgan fingerprint density at radius 2 is 2.07 bits per heavy atom. The highest BCUT2D eigenvalue weighted by molar-refractivity contribution is 9.09. The van der Waals surface area contributed by atoms with Gasteiger partial charge < -0.3 is 0 Å². The van der Waals surface area contributed by atoms with Gasteiger partial charge in [-0.3, -0.25) is 0 Å². The summed E-state index contributed by atoms with van der Waals surface area (Å²) in [5, 5.41) is 1.07. The highest BCUT2D eigenvalue weighted by Crippen LogP contribution is 2.31. The number of fused-ring (bicyclic) bond motifs is 1. The third kappa shape index (κ3) is 2.44. The molecule has 1 aromatic rings. The van der Waals surface area contributed by atoms with Crippen molar-refractivity contribution in [1.82, 2.24) is 0 Å². The van der Waals surface area contributed by atoms with E-state index in [4.69, 9.17) is 0 Å². The molecule has 0 unspecified atom stereocenters. The minimum absolute atomic E-state index is 0.373. The molecule has 0 amide bonds. The van der Waals surface area contributed by atoms with E-state index in [-0.39, 0.29) is 0 Å². The van der Waals surface area contributed by atoms with E-state index in [2.05, 4.69) is 48.0 Å². The summed E-state index contributed by atoms with van der Waals surface area (Å²) in [6.45, 7) is 4.66. The molecule has 0 nitrogen and oxygen atoms in total. The zero-order valence-electron chi connectivity index (χ0n) is 9.65. The number of alkyl halides is 1. The maximum Gasteiger partial charge on any atom is 0.00858 e. The van der Waals surface area contributed by atoms with Crippen molar-refractivity contribution in [3.8, 4) is 0 Å². The standard InChI is InChI=1S/C14H19Br/c1-14(2,10-15)9-12-7-3-5-11-6-4-8-13(11)12/h3,5,7H,4,6,8-10H2,1-2H3. The summed E-state index contributed by atoms with van der Waals surface area (Å²) in [5.41, 5.74) is 5.19. The van der Waals surface area contributed by atoms with Crippen LogP contribution in [0.3, 0.4) is 0 Å². The van der Waals surface area contributed by atoms with Crippen LogP contribution >= 0.6 is 15.9 Å². The fourth-order valence-electron chi connectivity index (χ4n) is 2.43. The quantitative estimate of drug-likeness (QED) is 0.722. The third-order valence-electron chi connectivity index (χ3n) is 3.27. The molecule has 2 rings (SSSR count). The van der Waals surface area contributed by atoms with Crippen molar-refractivity contribution in [2.75, 3.05) is 5.33 Å². The first-order valence-electron chi connectivity index (χ1n) is 5.78. The van der Waals surface area contributed by atoms with Gasteiger partial charge in [-0.25, -0.2) is 0 Å². The molecule has 82 valence electrons. The first kappa shape index (κ1) is 11.2. The summed E-state index contributed by atoms with van der Waals surface area (Å²) < 4.78 is 0. The van der Waals surface area contributed by atoms with Gasteiger partial charge in [-0.1, -0.05) is 48.0 Å². The van der Waals surface area contributed by atoms with E-state index in [1.807, 2.05) is 0 Å². The first-order valence-corrected chi connectivity index (χ1v) is 6.90. The summed E-state index contributed by atoms with van der Waals surface area (Å²) in [7, 11) is 0. The fourth-order valence-corrected chi connectivity index (χ4v) is 2.63. The van der Waals surface area contributed by atoms with Gasteiger partial charge in [0.25, 0.3) is 0 Å². The smallest absolute Gasteiger partial charge is 0.00858 e. The Kier molecular flexibility index (Phi) is 3.20. The summed E-state index contributed by atoms with van der Waals surface area (Å²) in [6, 6.07) is 6.84. The highest BCUT2D eigenvalue weighted by Gasteiger charge is 2.21. The van der Waals surface area contributed by atoms with Gasteiger partial charge in [-0.05, 0) is 47.8 Å². The van der Waals surface area contributed by atoms with Gasteiger partial charge in [0, 0.05) is 5.33 Å². The van der Waals surface area contributed by atoms with Crippen molar-refractivity contribution >= 4 is 15.9 Å². The number of hydrogen-bond acceptors (Lipinski definition) is 0. The lowest BCUT2D eigenvalue weighted by Gasteiger charge is -2.23. The molecule has 0 heterocycles. The number of rotatable bonds is 3. The molecule has 0 aliphatic heterocycles. The predicted molar refractivity (Wildman–Crippen MR) is 69.7 cm³/mol. The van der Waals surface area contributed by atoms with Gasteiger partial charge in [-0.2, -0.15) is 0 Å². The molecule has 0 saturated heterocycles. The van der Waals surface area contributed by atoms with Crippen LogP contribution in [0.15, 0.2) is 18.2 Å². The van der Waals surface area contributed by atoms with Gasteiger partial charge in [0.05, 0.1) is 0 Å². The van der Waals surface area contributed by atoms with Crippen molar-refractivity contribution in [2.45, 2.75) is 39.5 Å². The normalized spacial score (nSPS) is 15.4. The van der Waals surface area contributed by atoms with Gasteiger partial charge in [0.1, 0.15) is 0 Å². The van der Waals surface area contributed by atoms with Crippen LogP contribution in [0.25, 0.3) is 0 Å². The first-order chi connectivity index (χ1) is 7.12. The Morgan fingerprint density at radius 3 is 2.80 bits per heavy atom. The summed E-state index contributed by atoms with van der Waals surface area (Å²) in [4.78, 5) is 0. The second-order valence-electron chi connectivity index (χ2n) is 5.38. The molecule has 0 bridgehead atoms. The molecule has 0 spiro atoms. The number of aryl methyl sites for hydroxylation is 1. The Labute approximate surface area is 101 Å². The fraction of sp³-hybridized carbons (Fsp3) is 0.571. The van der Waals surface area contributed by atoms with Crippen molar-refractivity contribution in [2.24, 2.45) is 5.41 Å². The van der Waals surface area contributed by atoms with Crippen LogP contribution in [-0.2, 0) is 19.3 Å². The zero-order chi connectivity index (χ0) is 10.9. The van der Waals surface area contributed by atoms with E-state index in [1.165, 1.54) is 25.7 Å². The SMILES string of the molecule is CC(C)(CBr)Cc1cccc2c1CCC2. The second kappa shape index (κ2) is 4.29. The molecule has 1 aliphatic carbocycles. The van der Waals surface area contributed by atoms with E-state index >= 15 is 0 Å². The topological polar surface area (TPSA) is 0 Å². The third-order valence-corrected chi connectivity index (χ3v) is 4.79. The van der Waals surface area contributed by atoms with Crippen LogP contribution in [0.2, 0.25) is 0 Å². The summed E-state index contributed by atoms with van der Waals surface area (Å²) in [6.07, 6.45) is 5.13. The molecule has 1 aliphatic rings. The van der Waals surface area contributed by atoms with Crippen LogP contribution in [0, 0.1) is 5.41 Å². The van der Waals surface area contributed by atoms with Crippen molar-refractivity contribution in [3.05, 3.63) is 34.9 Å². The Morgan fingerprint density at radius 1 is 1.27 bits per heavy atom. The monoisotopic (exact) mass is 266 g/mol. The highest BCUT2D eigenvalue weighted by atomic mass is 79.9. The van der Waals surface area contributed by atoms with E-state index in [0.717, 1.165) is 5.33 Å². The maximum atomic E-state index is 3.61.